The Morgan fingerprint density at radius 1 is 1.10 bits per heavy atom. The van der Waals surface area contributed by atoms with Gasteiger partial charge in [0.25, 0.3) is 0 Å². The van der Waals surface area contributed by atoms with E-state index in [4.69, 9.17) is 9.97 Å². The second-order valence-corrected chi connectivity index (χ2v) is 9.19. The van der Waals surface area contributed by atoms with E-state index in [1.54, 1.807) is 18.2 Å². The predicted molar refractivity (Wildman–Crippen MR) is 121 cm³/mol. The Morgan fingerprint density at radius 3 is 2.52 bits per heavy atom. The van der Waals surface area contributed by atoms with E-state index >= 15 is 0 Å². The van der Waals surface area contributed by atoms with E-state index in [1.807, 2.05) is 13.8 Å². The predicted octanol–water partition coefficient (Wildman–Crippen LogP) is 4.78. The first kappa shape index (κ1) is 21.9. The molecule has 5 nitrogen and oxygen atoms in total. The Balaban J connectivity index is 1.38. The van der Waals surface area contributed by atoms with E-state index < -0.39 is 5.82 Å². The maximum atomic E-state index is 13.8. The number of rotatable bonds is 6. The molecule has 1 saturated heterocycles. The fourth-order valence-electron chi connectivity index (χ4n) is 5.07. The molecule has 1 N–H and O–H groups in total. The van der Waals surface area contributed by atoms with Crippen molar-refractivity contribution in [1.82, 2.24) is 14.9 Å². The van der Waals surface area contributed by atoms with Crippen LogP contribution in [0.1, 0.15) is 67.2 Å². The van der Waals surface area contributed by atoms with E-state index in [0.29, 0.717) is 5.92 Å². The van der Waals surface area contributed by atoms with Crippen LogP contribution in [0, 0.1) is 25.6 Å². The molecular formula is C25H33FN4O. The maximum Gasteiger partial charge on any atom is 0.229 e. The lowest BCUT2D eigenvalue weighted by molar-refractivity contribution is -0.115. The molecule has 0 radical (unpaired) electrons. The van der Waals surface area contributed by atoms with Crippen molar-refractivity contribution >= 4 is 11.6 Å². The van der Waals surface area contributed by atoms with Crippen LogP contribution in [0.3, 0.4) is 0 Å². The van der Waals surface area contributed by atoms with Crippen molar-refractivity contribution in [3.8, 4) is 0 Å². The highest BCUT2D eigenvalue weighted by atomic mass is 19.1. The van der Waals surface area contributed by atoms with Gasteiger partial charge in [0, 0.05) is 36.0 Å². The highest BCUT2D eigenvalue weighted by Gasteiger charge is 2.29. The van der Waals surface area contributed by atoms with E-state index in [1.165, 1.54) is 44.7 Å². The van der Waals surface area contributed by atoms with Gasteiger partial charge in [-0.25, -0.2) is 14.4 Å². The first-order chi connectivity index (χ1) is 15.0. The number of aromatic nitrogens is 2. The number of likely N-dealkylation sites (tertiary alicyclic amines) is 1. The molecule has 2 heterocycles. The van der Waals surface area contributed by atoms with E-state index in [0.717, 1.165) is 48.2 Å². The van der Waals surface area contributed by atoms with Gasteiger partial charge in [-0.1, -0.05) is 31.4 Å². The zero-order valence-corrected chi connectivity index (χ0v) is 18.7. The first-order valence-corrected chi connectivity index (χ1v) is 11.6. The van der Waals surface area contributed by atoms with Crippen molar-refractivity contribution in [2.75, 3.05) is 25.0 Å². The van der Waals surface area contributed by atoms with Crippen molar-refractivity contribution in [1.29, 1.82) is 0 Å². The van der Waals surface area contributed by atoms with Crippen LogP contribution in [0.25, 0.3) is 0 Å². The Bertz CT molecular complexity index is 902. The number of anilines is 1. The molecule has 0 unspecified atom stereocenters. The van der Waals surface area contributed by atoms with Gasteiger partial charge in [-0.15, -0.1) is 0 Å². The Labute approximate surface area is 184 Å². The molecule has 2 aromatic rings. The van der Waals surface area contributed by atoms with Crippen LogP contribution in [-0.4, -0.2) is 40.4 Å². The summed E-state index contributed by atoms with van der Waals surface area (Å²) in [5.41, 5.74) is 2.72. The summed E-state index contributed by atoms with van der Waals surface area (Å²) < 4.78 is 13.8. The molecule has 0 spiro atoms. The molecule has 2 aliphatic rings. The van der Waals surface area contributed by atoms with Gasteiger partial charge in [-0.2, -0.15) is 0 Å². The van der Waals surface area contributed by atoms with Gasteiger partial charge in [0.1, 0.15) is 11.6 Å². The van der Waals surface area contributed by atoms with Gasteiger partial charge in [0.2, 0.25) is 5.91 Å². The number of amides is 1. The standard InChI is InChI=1S/C25H33FN4O/c1-17-21(14-24(31)29-23-11-7-6-10-22(23)26)18(2)28-25(27-17)20-12-13-30(16-20)15-19-8-4-3-5-9-19/h6-7,10-11,19-20H,3-5,8-9,12-16H2,1-2H3,(H,29,31)/t20-/m1/s1. The number of benzene rings is 1. The monoisotopic (exact) mass is 424 g/mol. The average molecular weight is 425 g/mol. The molecule has 4 rings (SSSR count). The zero-order valence-electron chi connectivity index (χ0n) is 18.7. The number of carbonyl (C=O) groups is 1. The largest absolute Gasteiger partial charge is 0.323 e. The average Bonchev–Trinajstić information content (AvgIpc) is 3.21. The summed E-state index contributed by atoms with van der Waals surface area (Å²) in [6.07, 6.45) is 8.16. The van der Waals surface area contributed by atoms with Crippen molar-refractivity contribution < 1.29 is 9.18 Å². The van der Waals surface area contributed by atoms with Crippen LogP contribution in [-0.2, 0) is 11.2 Å². The van der Waals surface area contributed by atoms with Gasteiger partial charge >= 0.3 is 0 Å². The van der Waals surface area contributed by atoms with E-state index in [2.05, 4.69) is 10.2 Å². The third-order valence-corrected chi connectivity index (χ3v) is 6.80. The number of nitrogens with zero attached hydrogens (tertiary/aromatic N) is 3. The lowest BCUT2D eigenvalue weighted by Gasteiger charge is -2.26. The molecule has 1 aromatic heterocycles. The van der Waals surface area contributed by atoms with Crippen molar-refractivity contribution in [2.24, 2.45) is 5.92 Å². The topological polar surface area (TPSA) is 58.1 Å². The van der Waals surface area contributed by atoms with Crippen LogP contribution in [0.2, 0.25) is 0 Å². The Morgan fingerprint density at radius 2 is 1.81 bits per heavy atom. The highest BCUT2D eigenvalue weighted by molar-refractivity contribution is 5.92. The van der Waals surface area contributed by atoms with Gasteiger partial charge in [-0.05, 0) is 57.7 Å². The normalized spacial score (nSPS) is 20.2. The molecule has 1 amide bonds. The number of hydrogen-bond acceptors (Lipinski definition) is 4. The van der Waals surface area contributed by atoms with Crippen molar-refractivity contribution in [2.45, 2.75) is 64.7 Å². The number of carbonyl (C=O) groups excluding carboxylic acids is 1. The van der Waals surface area contributed by atoms with E-state index in [9.17, 15) is 9.18 Å². The van der Waals surface area contributed by atoms with Gasteiger partial charge < -0.3 is 10.2 Å². The highest BCUT2D eigenvalue weighted by Crippen LogP contribution is 2.30. The lowest BCUT2D eigenvalue weighted by atomic mass is 9.89. The molecule has 0 bridgehead atoms. The number of nitrogens with one attached hydrogen (secondary N) is 1. The minimum Gasteiger partial charge on any atom is -0.323 e. The van der Waals surface area contributed by atoms with Crippen LogP contribution in [0.5, 0.6) is 0 Å². The quantitative estimate of drug-likeness (QED) is 0.725. The third kappa shape index (κ3) is 5.48. The molecule has 2 fully saturated rings. The van der Waals surface area contributed by atoms with Crippen LogP contribution >= 0.6 is 0 Å². The minimum atomic E-state index is -0.435. The van der Waals surface area contributed by atoms with Gasteiger partial charge in [-0.3, -0.25) is 4.79 Å². The smallest absolute Gasteiger partial charge is 0.229 e. The zero-order chi connectivity index (χ0) is 21.8. The molecule has 6 heteroatoms. The van der Waals surface area contributed by atoms with Crippen molar-refractivity contribution in [3.63, 3.8) is 0 Å². The molecular weight excluding hydrogens is 391 g/mol. The van der Waals surface area contributed by atoms with Crippen LogP contribution in [0.4, 0.5) is 10.1 Å². The molecule has 1 aliphatic carbocycles. The van der Waals surface area contributed by atoms with Crippen LogP contribution < -0.4 is 5.32 Å². The summed E-state index contributed by atoms with van der Waals surface area (Å²) in [6, 6.07) is 6.20. The summed E-state index contributed by atoms with van der Waals surface area (Å²) in [5, 5.41) is 2.65. The Hall–Kier alpha value is -2.34. The number of hydrogen-bond donors (Lipinski definition) is 1. The number of para-hydroxylation sites is 1. The van der Waals surface area contributed by atoms with Gasteiger partial charge in [0.15, 0.2) is 0 Å². The lowest BCUT2D eigenvalue weighted by Crippen LogP contribution is -2.28. The fourth-order valence-corrected chi connectivity index (χ4v) is 5.07. The fraction of sp³-hybridized carbons (Fsp3) is 0.560. The maximum absolute atomic E-state index is 13.8. The van der Waals surface area contributed by atoms with E-state index in [-0.39, 0.29) is 18.0 Å². The second-order valence-electron chi connectivity index (χ2n) is 9.19. The third-order valence-electron chi connectivity index (χ3n) is 6.80. The summed E-state index contributed by atoms with van der Waals surface area (Å²) >= 11 is 0. The summed E-state index contributed by atoms with van der Waals surface area (Å²) in [5.74, 6) is 1.43. The number of halogens is 1. The molecule has 1 aliphatic heterocycles. The Kier molecular flexibility index (Phi) is 6.96. The number of aryl methyl sites for hydroxylation is 2. The SMILES string of the molecule is Cc1nc([C@@H]2CCN(CC3CCCCC3)C2)nc(C)c1CC(=O)Nc1ccccc1F. The summed E-state index contributed by atoms with van der Waals surface area (Å²) in [6.45, 7) is 7.25. The molecule has 31 heavy (non-hydrogen) atoms. The first-order valence-electron chi connectivity index (χ1n) is 11.6. The molecule has 1 aromatic carbocycles. The molecule has 166 valence electrons. The molecule has 1 saturated carbocycles. The second kappa shape index (κ2) is 9.86. The van der Waals surface area contributed by atoms with Crippen molar-refractivity contribution in [3.05, 3.63) is 52.9 Å². The summed E-state index contributed by atoms with van der Waals surface area (Å²) in [4.78, 5) is 24.6. The minimum absolute atomic E-state index is 0.144. The van der Waals surface area contributed by atoms with Gasteiger partial charge in [0.05, 0.1) is 12.1 Å². The summed E-state index contributed by atoms with van der Waals surface area (Å²) in [7, 11) is 0. The van der Waals surface area contributed by atoms with Crippen LogP contribution in [0.15, 0.2) is 24.3 Å². The molecule has 1 atom stereocenters.